The van der Waals surface area contributed by atoms with Crippen molar-refractivity contribution in [3.63, 3.8) is 0 Å². The second-order valence-corrected chi connectivity index (χ2v) is 6.32. The molecular weight excluding hydrogens is 286 g/mol. The average molecular weight is 303 g/mol. The monoisotopic (exact) mass is 303 g/mol. The van der Waals surface area contributed by atoms with E-state index in [0.29, 0.717) is 11.1 Å². The molecule has 1 aromatic carbocycles. The Morgan fingerprint density at radius 2 is 2.00 bits per heavy atom. The molecule has 1 heterocycles. The van der Waals surface area contributed by atoms with Crippen LogP contribution in [0.1, 0.15) is 35.7 Å². The molecule has 1 fully saturated rings. The first-order chi connectivity index (χ1) is 10.1. The first-order valence-corrected chi connectivity index (χ1v) is 7.93. The molecule has 1 aliphatic rings. The SMILES string of the molecule is Cc1cccc(C)c1-n1c(SCC(=O)O)nnc1C1CC1. The van der Waals surface area contributed by atoms with Gasteiger partial charge in [-0.05, 0) is 37.8 Å². The Morgan fingerprint density at radius 1 is 1.33 bits per heavy atom. The van der Waals surface area contributed by atoms with Crippen molar-refractivity contribution in [2.45, 2.75) is 37.8 Å². The summed E-state index contributed by atoms with van der Waals surface area (Å²) in [6.07, 6.45) is 2.26. The van der Waals surface area contributed by atoms with E-state index in [9.17, 15) is 4.79 Å². The number of nitrogens with zero attached hydrogens (tertiary/aromatic N) is 3. The Bertz CT molecular complexity index is 672. The first kappa shape index (κ1) is 14.1. The van der Waals surface area contributed by atoms with Crippen LogP contribution >= 0.6 is 11.8 Å². The van der Waals surface area contributed by atoms with Crippen LogP contribution in [-0.2, 0) is 4.79 Å². The van der Waals surface area contributed by atoms with E-state index in [4.69, 9.17) is 5.11 Å². The molecule has 110 valence electrons. The van der Waals surface area contributed by atoms with E-state index < -0.39 is 5.97 Å². The number of benzene rings is 1. The summed E-state index contributed by atoms with van der Waals surface area (Å²) in [5.41, 5.74) is 3.38. The summed E-state index contributed by atoms with van der Waals surface area (Å²) in [4.78, 5) is 10.8. The first-order valence-electron chi connectivity index (χ1n) is 6.94. The molecule has 0 unspecified atom stereocenters. The zero-order valence-corrected chi connectivity index (χ0v) is 12.9. The average Bonchev–Trinajstić information content (AvgIpc) is 3.18. The van der Waals surface area contributed by atoms with Gasteiger partial charge in [0.1, 0.15) is 5.82 Å². The molecule has 0 saturated heterocycles. The van der Waals surface area contributed by atoms with Gasteiger partial charge in [0.25, 0.3) is 0 Å². The minimum absolute atomic E-state index is 0.00622. The lowest BCUT2D eigenvalue weighted by molar-refractivity contribution is -0.133. The van der Waals surface area contributed by atoms with Crippen molar-refractivity contribution in [1.82, 2.24) is 14.8 Å². The predicted molar refractivity (Wildman–Crippen MR) is 81.2 cm³/mol. The van der Waals surface area contributed by atoms with Gasteiger partial charge in [-0.3, -0.25) is 9.36 Å². The zero-order chi connectivity index (χ0) is 15.0. The predicted octanol–water partition coefficient (Wildman–Crippen LogP) is 2.94. The Hall–Kier alpha value is -1.82. The van der Waals surface area contributed by atoms with Crippen LogP contribution in [0.25, 0.3) is 5.69 Å². The van der Waals surface area contributed by atoms with Crippen LogP contribution in [0.5, 0.6) is 0 Å². The summed E-state index contributed by atoms with van der Waals surface area (Å²) in [7, 11) is 0. The number of thioether (sulfide) groups is 1. The molecule has 0 radical (unpaired) electrons. The Balaban J connectivity index is 2.09. The molecule has 0 atom stereocenters. The third-order valence-electron chi connectivity index (χ3n) is 3.59. The molecule has 21 heavy (non-hydrogen) atoms. The van der Waals surface area contributed by atoms with Gasteiger partial charge < -0.3 is 5.11 Å². The fourth-order valence-electron chi connectivity index (χ4n) is 2.48. The topological polar surface area (TPSA) is 68.0 Å². The lowest BCUT2D eigenvalue weighted by Crippen LogP contribution is -2.07. The van der Waals surface area contributed by atoms with Crippen LogP contribution in [0, 0.1) is 13.8 Å². The van der Waals surface area contributed by atoms with Crippen molar-refractivity contribution in [2.75, 3.05) is 5.75 Å². The van der Waals surface area contributed by atoms with Gasteiger partial charge in [0, 0.05) is 5.92 Å². The third kappa shape index (κ3) is 2.81. The van der Waals surface area contributed by atoms with Crippen molar-refractivity contribution >= 4 is 17.7 Å². The number of aryl methyl sites for hydroxylation is 2. The van der Waals surface area contributed by atoms with Gasteiger partial charge >= 0.3 is 5.97 Å². The van der Waals surface area contributed by atoms with E-state index in [0.717, 1.165) is 35.5 Å². The van der Waals surface area contributed by atoms with E-state index in [1.165, 1.54) is 11.8 Å². The van der Waals surface area contributed by atoms with Crippen LogP contribution in [0.2, 0.25) is 0 Å². The van der Waals surface area contributed by atoms with Crippen molar-refractivity contribution < 1.29 is 9.90 Å². The number of carboxylic acids is 1. The van der Waals surface area contributed by atoms with E-state index >= 15 is 0 Å². The standard InChI is InChI=1S/C15H17N3O2S/c1-9-4-3-5-10(2)13(9)18-14(11-6-7-11)16-17-15(18)21-8-12(19)20/h3-5,11H,6-8H2,1-2H3,(H,19,20). The Labute approximate surface area is 127 Å². The Kier molecular flexibility index (Phi) is 3.71. The summed E-state index contributed by atoms with van der Waals surface area (Å²) >= 11 is 1.22. The van der Waals surface area contributed by atoms with Gasteiger partial charge in [0.05, 0.1) is 11.4 Å². The van der Waals surface area contributed by atoms with E-state index in [2.05, 4.69) is 40.7 Å². The molecule has 0 amide bonds. The molecule has 0 spiro atoms. The Morgan fingerprint density at radius 3 is 2.57 bits per heavy atom. The number of aromatic nitrogens is 3. The molecular formula is C15H17N3O2S. The van der Waals surface area contributed by atoms with Crippen molar-refractivity contribution in [3.8, 4) is 5.69 Å². The lowest BCUT2D eigenvalue weighted by atomic mass is 10.1. The fourth-order valence-corrected chi connectivity index (χ4v) is 3.14. The quantitative estimate of drug-likeness (QED) is 0.860. The normalized spacial score (nSPS) is 14.4. The molecule has 0 aliphatic heterocycles. The van der Waals surface area contributed by atoms with Crippen molar-refractivity contribution in [2.24, 2.45) is 0 Å². The molecule has 5 nitrogen and oxygen atoms in total. The number of carboxylic acid groups (broad SMARTS) is 1. The largest absolute Gasteiger partial charge is 0.481 e. The van der Waals surface area contributed by atoms with Gasteiger partial charge in [0.2, 0.25) is 0 Å². The lowest BCUT2D eigenvalue weighted by Gasteiger charge is -2.15. The summed E-state index contributed by atoms with van der Waals surface area (Å²) < 4.78 is 2.05. The van der Waals surface area contributed by atoms with E-state index in [1.54, 1.807) is 0 Å². The van der Waals surface area contributed by atoms with Gasteiger partial charge in [0.15, 0.2) is 5.16 Å². The van der Waals surface area contributed by atoms with Gasteiger partial charge in [-0.1, -0.05) is 30.0 Å². The maximum Gasteiger partial charge on any atom is 0.313 e. The van der Waals surface area contributed by atoms with E-state index in [1.807, 2.05) is 6.07 Å². The van der Waals surface area contributed by atoms with Crippen LogP contribution < -0.4 is 0 Å². The summed E-state index contributed by atoms with van der Waals surface area (Å²) in [5.74, 6) is 0.563. The van der Waals surface area contributed by atoms with Crippen LogP contribution in [0.15, 0.2) is 23.4 Å². The molecule has 1 saturated carbocycles. The summed E-state index contributed by atoms with van der Waals surface area (Å²) in [6, 6.07) is 6.15. The second-order valence-electron chi connectivity index (χ2n) is 5.37. The number of para-hydroxylation sites is 1. The summed E-state index contributed by atoms with van der Waals surface area (Å²) in [6.45, 7) is 4.12. The minimum atomic E-state index is -0.843. The zero-order valence-electron chi connectivity index (χ0n) is 12.0. The number of carbonyl (C=O) groups is 1. The van der Waals surface area contributed by atoms with Gasteiger partial charge in [-0.25, -0.2) is 0 Å². The molecule has 3 rings (SSSR count). The number of rotatable bonds is 5. The third-order valence-corrected chi connectivity index (χ3v) is 4.50. The smallest absolute Gasteiger partial charge is 0.313 e. The number of aliphatic carboxylic acids is 1. The van der Waals surface area contributed by atoms with Crippen molar-refractivity contribution in [1.29, 1.82) is 0 Å². The van der Waals surface area contributed by atoms with Crippen LogP contribution in [-0.4, -0.2) is 31.6 Å². The fraction of sp³-hybridized carbons (Fsp3) is 0.400. The minimum Gasteiger partial charge on any atom is -0.481 e. The molecule has 1 aromatic heterocycles. The molecule has 0 bridgehead atoms. The van der Waals surface area contributed by atoms with Crippen LogP contribution in [0.3, 0.4) is 0 Å². The number of hydrogen-bond donors (Lipinski definition) is 1. The maximum atomic E-state index is 10.8. The molecule has 2 aromatic rings. The van der Waals surface area contributed by atoms with E-state index in [-0.39, 0.29) is 5.75 Å². The van der Waals surface area contributed by atoms with Gasteiger partial charge in [-0.15, -0.1) is 10.2 Å². The molecule has 1 N–H and O–H groups in total. The number of hydrogen-bond acceptors (Lipinski definition) is 4. The van der Waals surface area contributed by atoms with Crippen LogP contribution in [0.4, 0.5) is 0 Å². The molecule has 6 heteroatoms. The highest BCUT2D eigenvalue weighted by Gasteiger charge is 2.31. The summed E-state index contributed by atoms with van der Waals surface area (Å²) in [5, 5.41) is 18.1. The van der Waals surface area contributed by atoms with Gasteiger partial charge in [-0.2, -0.15) is 0 Å². The molecule has 1 aliphatic carbocycles. The van der Waals surface area contributed by atoms with Crippen molar-refractivity contribution in [3.05, 3.63) is 35.2 Å². The highest BCUT2D eigenvalue weighted by atomic mass is 32.2. The highest BCUT2D eigenvalue weighted by Crippen LogP contribution is 2.41. The second kappa shape index (κ2) is 5.52. The highest BCUT2D eigenvalue weighted by molar-refractivity contribution is 7.99. The maximum absolute atomic E-state index is 10.8.